The first-order valence-electron chi connectivity index (χ1n) is 6.43. The van der Waals surface area contributed by atoms with E-state index in [-0.39, 0.29) is 17.7 Å². The Morgan fingerprint density at radius 1 is 1.43 bits per heavy atom. The Labute approximate surface area is 124 Å². The third kappa shape index (κ3) is 2.57. The van der Waals surface area contributed by atoms with Crippen LogP contribution in [0.25, 0.3) is 0 Å². The number of nitrogens with zero attached hydrogens (tertiary/aromatic N) is 2. The molecule has 0 fully saturated rings. The highest BCUT2D eigenvalue weighted by molar-refractivity contribution is 7.99. The molecule has 7 heteroatoms. The fourth-order valence-corrected chi connectivity index (χ4v) is 3.06. The quantitative estimate of drug-likeness (QED) is 0.829. The fourth-order valence-electron chi connectivity index (χ4n) is 2.14. The number of rotatable bonds is 3. The summed E-state index contributed by atoms with van der Waals surface area (Å²) in [5, 5.41) is 12.5. The predicted octanol–water partition coefficient (Wildman–Crippen LogP) is 1.09. The number of para-hydroxylation sites is 1. The molecule has 108 valence electrons. The van der Waals surface area contributed by atoms with E-state index in [2.05, 4.69) is 10.3 Å². The van der Waals surface area contributed by atoms with Crippen LogP contribution in [0.5, 0.6) is 0 Å². The average Bonchev–Trinajstić information content (AvgIpc) is 2.97. The van der Waals surface area contributed by atoms with E-state index in [9.17, 15) is 14.7 Å². The Morgan fingerprint density at radius 2 is 2.24 bits per heavy atom. The summed E-state index contributed by atoms with van der Waals surface area (Å²) in [6.45, 7) is 0.384. The second-order valence-corrected chi connectivity index (χ2v) is 5.59. The molecule has 0 aliphatic carbocycles. The molecule has 1 aliphatic rings. The minimum absolute atomic E-state index is 0.00833. The second kappa shape index (κ2) is 5.71. The van der Waals surface area contributed by atoms with Crippen LogP contribution in [-0.4, -0.2) is 26.3 Å². The largest absolute Gasteiger partial charge is 0.392 e. The minimum Gasteiger partial charge on any atom is -0.392 e. The van der Waals surface area contributed by atoms with Crippen molar-refractivity contribution in [2.45, 2.75) is 18.3 Å². The summed E-state index contributed by atoms with van der Waals surface area (Å²) in [5.74, 6) is 0.279. The zero-order valence-corrected chi connectivity index (χ0v) is 11.9. The molecule has 1 amide bonds. The highest BCUT2D eigenvalue weighted by Crippen LogP contribution is 2.21. The van der Waals surface area contributed by atoms with Crippen molar-refractivity contribution < 1.29 is 9.90 Å². The van der Waals surface area contributed by atoms with Gasteiger partial charge in [-0.3, -0.25) is 14.2 Å². The molecule has 0 spiro atoms. The highest BCUT2D eigenvalue weighted by atomic mass is 32.2. The monoisotopic (exact) mass is 303 g/mol. The van der Waals surface area contributed by atoms with E-state index in [0.29, 0.717) is 23.0 Å². The van der Waals surface area contributed by atoms with Gasteiger partial charge in [-0.05, 0) is 6.07 Å². The van der Waals surface area contributed by atoms with E-state index in [1.165, 1.54) is 22.5 Å². The average molecular weight is 303 g/mol. The van der Waals surface area contributed by atoms with Crippen molar-refractivity contribution in [3.63, 3.8) is 0 Å². The Balaban J connectivity index is 1.91. The van der Waals surface area contributed by atoms with Gasteiger partial charge in [0.2, 0.25) is 0 Å². The zero-order chi connectivity index (χ0) is 14.8. The van der Waals surface area contributed by atoms with E-state index in [4.69, 9.17) is 0 Å². The smallest absolute Gasteiger partial charge is 0.267 e. The number of anilines is 1. The summed E-state index contributed by atoms with van der Waals surface area (Å²) < 4.78 is 1.51. The van der Waals surface area contributed by atoms with Crippen LogP contribution in [-0.2, 0) is 13.2 Å². The van der Waals surface area contributed by atoms with Gasteiger partial charge in [0.05, 0.1) is 6.61 Å². The van der Waals surface area contributed by atoms with E-state index >= 15 is 0 Å². The maximum absolute atomic E-state index is 12.3. The van der Waals surface area contributed by atoms with Crippen molar-refractivity contribution in [1.82, 2.24) is 9.55 Å². The third-order valence-electron chi connectivity index (χ3n) is 3.24. The Hall–Kier alpha value is -2.12. The number of benzene rings is 1. The molecule has 0 unspecified atom stereocenters. The van der Waals surface area contributed by atoms with Gasteiger partial charge in [0.15, 0.2) is 5.16 Å². The van der Waals surface area contributed by atoms with Gasteiger partial charge in [0.25, 0.3) is 11.5 Å². The number of thioether (sulfide) groups is 1. The lowest BCUT2D eigenvalue weighted by Gasteiger charge is -2.09. The van der Waals surface area contributed by atoms with Crippen LogP contribution < -0.4 is 10.9 Å². The van der Waals surface area contributed by atoms with E-state index in [0.717, 1.165) is 5.75 Å². The van der Waals surface area contributed by atoms with Crippen LogP contribution in [0.4, 0.5) is 5.69 Å². The summed E-state index contributed by atoms with van der Waals surface area (Å²) in [6, 6.07) is 6.90. The third-order valence-corrected chi connectivity index (χ3v) is 4.21. The first kappa shape index (κ1) is 13.8. The molecule has 2 heterocycles. The molecule has 0 radical (unpaired) electrons. The van der Waals surface area contributed by atoms with Gasteiger partial charge in [-0.25, -0.2) is 4.98 Å². The van der Waals surface area contributed by atoms with Gasteiger partial charge >= 0.3 is 0 Å². The van der Waals surface area contributed by atoms with Crippen molar-refractivity contribution in [1.29, 1.82) is 0 Å². The first-order valence-corrected chi connectivity index (χ1v) is 7.42. The topological polar surface area (TPSA) is 84.2 Å². The fraction of sp³-hybridized carbons (Fsp3) is 0.214. The van der Waals surface area contributed by atoms with Crippen LogP contribution >= 0.6 is 11.8 Å². The maximum atomic E-state index is 12.3. The van der Waals surface area contributed by atoms with E-state index < -0.39 is 5.91 Å². The SMILES string of the molecule is O=C(Nc1ccccc1CO)c1cnc2n(c1=O)CCS2. The molecule has 0 bridgehead atoms. The Bertz CT molecular complexity index is 757. The number of nitrogens with one attached hydrogen (secondary N) is 1. The van der Waals surface area contributed by atoms with E-state index in [1.807, 2.05) is 0 Å². The second-order valence-electron chi connectivity index (χ2n) is 4.53. The highest BCUT2D eigenvalue weighted by Gasteiger charge is 2.20. The van der Waals surface area contributed by atoms with Crippen LogP contribution in [0, 0.1) is 0 Å². The number of hydrogen-bond donors (Lipinski definition) is 2. The van der Waals surface area contributed by atoms with Crippen molar-refractivity contribution >= 4 is 23.4 Å². The van der Waals surface area contributed by atoms with Gasteiger partial charge in [-0.1, -0.05) is 30.0 Å². The zero-order valence-electron chi connectivity index (χ0n) is 11.1. The molecule has 1 aliphatic heterocycles. The first-order chi connectivity index (χ1) is 10.2. The molecule has 1 aromatic carbocycles. The Kier molecular flexibility index (Phi) is 3.76. The molecule has 2 aromatic rings. The lowest BCUT2D eigenvalue weighted by atomic mass is 10.2. The van der Waals surface area contributed by atoms with E-state index in [1.54, 1.807) is 24.3 Å². The minimum atomic E-state index is -0.513. The predicted molar refractivity (Wildman–Crippen MR) is 79.5 cm³/mol. The molecule has 1 aromatic heterocycles. The number of carbonyl (C=O) groups excluding carboxylic acids is 1. The number of aliphatic hydroxyl groups is 1. The van der Waals surface area contributed by atoms with Gasteiger partial charge in [0.1, 0.15) is 5.56 Å². The molecular formula is C14H13N3O3S. The normalized spacial score (nSPS) is 13.0. The van der Waals surface area contributed by atoms with Crippen molar-refractivity contribution in [3.8, 4) is 0 Å². The molecule has 2 N–H and O–H groups in total. The van der Waals surface area contributed by atoms with Gasteiger partial charge < -0.3 is 10.4 Å². The summed E-state index contributed by atoms with van der Waals surface area (Å²) in [5.41, 5.74) is 0.762. The number of aliphatic hydroxyl groups excluding tert-OH is 1. The van der Waals surface area contributed by atoms with Gasteiger partial charge in [-0.2, -0.15) is 0 Å². The Morgan fingerprint density at radius 3 is 3.05 bits per heavy atom. The summed E-state index contributed by atoms with van der Waals surface area (Å²) in [6.07, 6.45) is 1.31. The van der Waals surface area contributed by atoms with Crippen LogP contribution in [0.2, 0.25) is 0 Å². The van der Waals surface area contributed by atoms with Crippen molar-refractivity contribution in [2.75, 3.05) is 11.1 Å². The van der Waals surface area contributed by atoms with Crippen LogP contribution in [0.15, 0.2) is 40.4 Å². The maximum Gasteiger partial charge on any atom is 0.267 e. The van der Waals surface area contributed by atoms with Crippen molar-refractivity contribution in [2.24, 2.45) is 0 Å². The molecule has 0 saturated carbocycles. The number of hydrogen-bond acceptors (Lipinski definition) is 5. The number of aromatic nitrogens is 2. The molecular weight excluding hydrogens is 290 g/mol. The van der Waals surface area contributed by atoms with Gasteiger partial charge in [0, 0.05) is 29.7 Å². The number of amides is 1. The molecule has 6 nitrogen and oxygen atoms in total. The number of carbonyl (C=O) groups is 1. The van der Waals surface area contributed by atoms with Crippen LogP contribution in [0.3, 0.4) is 0 Å². The van der Waals surface area contributed by atoms with Gasteiger partial charge in [-0.15, -0.1) is 0 Å². The molecule has 21 heavy (non-hydrogen) atoms. The summed E-state index contributed by atoms with van der Waals surface area (Å²) >= 11 is 1.50. The summed E-state index contributed by atoms with van der Waals surface area (Å²) in [4.78, 5) is 28.6. The molecule has 0 atom stereocenters. The molecule has 3 rings (SSSR count). The van der Waals surface area contributed by atoms with Crippen molar-refractivity contribution in [3.05, 3.63) is 51.9 Å². The van der Waals surface area contributed by atoms with Crippen LogP contribution in [0.1, 0.15) is 15.9 Å². The summed E-state index contributed by atoms with van der Waals surface area (Å²) in [7, 11) is 0. The number of fused-ring (bicyclic) bond motifs is 1. The molecule has 0 saturated heterocycles. The standard InChI is InChI=1S/C14H13N3O3S/c18-8-9-3-1-2-4-11(9)16-12(19)10-7-15-14-17(13(10)20)5-6-21-14/h1-4,7,18H,5-6,8H2,(H,16,19). The lowest BCUT2D eigenvalue weighted by molar-refractivity contribution is 0.102. The lowest BCUT2D eigenvalue weighted by Crippen LogP contribution is -2.29.